The van der Waals surface area contributed by atoms with Crippen molar-refractivity contribution in [2.75, 3.05) is 7.11 Å². The van der Waals surface area contributed by atoms with E-state index < -0.39 is 0 Å². The van der Waals surface area contributed by atoms with Crippen LogP contribution in [0.1, 0.15) is 16.1 Å². The van der Waals surface area contributed by atoms with Gasteiger partial charge in [-0.25, -0.2) is 5.43 Å². The first kappa shape index (κ1) is 13.6. The molecular weight excluding hydrogens is 357 g/mol. The molecule has 2 aromatic rings. The number of nitrogens with zero attached hydrogens (tertiary/aromatic N) is 1. The zero-order chi connectivity index (χ0) is 13.7. The summed E-state index contributed by atoms with van der Waals surface area (Å²) in [5, 5.41) is 3.87. The highest BCUT2D eigenvalue weighted by Crippen LogP contribution is 2.21. The van der Waals surface area contributed by atoms with E-state index in [0.717, 1.165) is 15.0 Å². The van der Waals surface area contributed by atoms with E-state index in [1.165, 1.54) is 0 Å². The van der Waals surface area contributed by atoms with Crippen LogP contribution in [0.25, 0.3) is 0 Å². The Hall–Kier alpha value is -1.83. The minimum absolute atomic E-state index is 0.261. The SMILES string of the molecule is COc1ccc(C(=O)N/N=C\c2ccc[nH]2)cc1I. The van der Waals surface area contributed by atoms with E-state index in [4.69, 9.17) is 4.74 Å². The lowest BCUT2D eigenvalue weighted by atomic mass is 10.2. The van der Waals surface area contributed by atoms with Crippen LogP contribution in [-0.4, -0.2) is 24.2 Å². The summed E-state index contributed by atoms with van der Waals surface area (Å²) in [6.07, 6.45) is 3.33. The normalized spacial score (nSPS) is 10.6. The maximum Gasteiger partial charge on any atom is 0.271 e. The summed E-state index contributed by atoms with van der Waals surface area (Å²) in [5.74, 6) is 0.482. The van der Waals surface area contributed by atoms with Gasteiger partial charge in [-0.15, -0.1) is 0 Å². The molecule has 0 aliphatic carbocycles. The predicted molar refractivity (Wildman–Crippen MR) is 81.6 cm³/mol. The molecule has 5 nitrogen and oxygen atoms in total. The Bertz CT molecular complexity index is 594. The Balaban J connectivity index is 2.02. The Morgan fingerprint density at radius 2 is 2.32 bits per heavy atom. The standard InChI is InChI=1S/C13H12IN3O2/c1-19-12-5-4-9(7-11(12)14)13(18)17-16-8-10-3-2-6-15-10/h2-8,15H,1H3,(H,17,18)/b16-8-. The predicted octanol–water partition coefficient (Wildman–Crippen LogP) is 2.39. The number of H-pyrrole nitrogens is 1. The van der Waals surface area contributed by atoms with E-state index >= 15 is 0 Å². The molecule has 1 amide bonds. The molecule has 0 fully saturated rings. The average molecular weight is 369 g/mol. The zero-order valence-electron chi connectivity index (χ0n) is 10.2. The first-order valence-electron chi connectivity index (χ1n) is 5.51. The molecule has 0 radical (unpaired) electrons. The molecule has 1 heterocycles. The van der Waals surface area contributed by atoms with Crippen molar-refractivity contribution >= 4 is 34.7 Å². The average Bonchev–Trinajstić information content (AvgIpc) is 2.91. The molecule has 1 aromatic carbocycles. The lowest BCUT2D eigenvalue weighted by Crippen LogP contribution is -2.17. The van der Waals surface area contributed by atoms with Crippen molar-refractivity contribution in [1.82, 2.24) is 10.4 Å². The molecule has 0 spiro atoms. The fourth-order valence-corrected chi connectivity index (χ4v) is 2.19. The van der Waals surface area contributed by atoms with Crippen LogP contribution < -0.4 is 10.2 Å². The third-order valence-corrected chi connectivity index (χ3v) is 3.25. The number of rotatable bonds is 4. The molecule has 2 rings (SSSR count). The van der Waals surface area contributed by atoms with Crippen LogP contribution in [0.4, 0.5) is 0 Å². The second kappa shape index (κ2) is 6.37. The van der Waals surface area contributed by atoms with Crippen molar-refractivity contribution in [2.45, 2.75) is 0 Å². The molecule has 0 unspecified atom stereocenters. The summed E-state index contributed by atoms with van der Waals surface area (Å²) in [6.45, 7) is 0. The highest BCUT2D eigenvalue weighted by atomic mass is 127. The van der Waals surface area contributed by atoms with Crippen LogP contribution in [0.2, 0.25) is 0 Å². The Morgan fingerprint density at radius 1 is 1.47 bits per heavy atom. The van der Waals surface area contributed by atoms with Crippen LogP contribution in [-0.2, 0) is 0 Å². The molecule has 98 valence electrons. The quantitative estimate of drug-likeness (QED) is 0.494. The molecule has 1 aromatic heterocycles. The molecule has 2 N–H and O–H groups in total. The smallest absolute Gasteiger partial charge is 0.271 e. The number of hydrogen-bond acceptors (Lipinski definition) is 3. The molecule has 0 bridgehead atoms. The molecule has 0 saturated carbocycles. The highest BCUT2D eigenvalue weighted by Gasteiger charge is 2.07. The Morgan fingerprint density at radius 3 is 2.95 bits per heavy atom. The number of ether oxygens (including phenoxy) is 1. The molecule has 0 aliphatic rings. The van der Waals surface area contributed by atoms with Crippen molar-refractivity contribution in [3.63, 3.8) is 0 Å². The van der Waals surface area contributed by atoms with E-state index in [1.807, 2.05) is 12.1 Å². The van der Waals surface area contributed by atoms with Gasteiger partial charge in [0.1, 0.15) is 5.75 Å². The maximum absolute atomic E-state index is 11.8. The van der Waals surface area contributed by atoms with E-state index in [9.17, 15) is 4.79 Å². The van der Waals surface area contributed by atoms with Crippen LogP contribution in [0, 0.1) is 3.57 Å². The topological polar surface area (TPSA) is 66.5 Å². The van der Waals surface area contributed by atoms with Gasteiger partial charge in [-0.1, -0.05) is 0 Å². The number of aromatic nitrogens is 1. The van der Waals surface area contributed by atoms with Crippen molar-refractivity contribution in [3.8, 4) is 5.75 Å². The molecule has 6 heteroatoms. The van der Waals surface area contributed by atoms with Crippen LogP contribution in [0.5, 0.6) is 5.75 Å². The van der Waals surface area contributed by atoms with E-state index in [2.05, 4.69) is 38.1 Å². The fraction of sp³-hybridized carbons (Fsp3) is 0.0769. The first-order valence-corrected chi connectivity index (χ1v) is 6.59. The number of methoxy groups -OCH3 is 1. The van der Waals surface area contributed by atoms with Crippen molar-refractivity contribution in [1.29, 1.82) is 0 Å². The second-order valence-electron chi connectivity index (χ2n) is 3.67. The fourth-order valence-electron chi connectivity index (χ4n) is 1.46. The van der Waals surface area contributed by atoms with Crippen LogP contribution in [0.15, 0.2) is 41.6 Å². The van der Waals surface area contributed by atoms with Gasteiger partial charge in [0.25, 0.3) is 5.91 Å². The number of amides is 1. The van der Waals surface area contributed by atoms with Crippen molar-refractivity contribution in [3.05, 3.63) is 51.4 Å². The van der Waals surface area contributed by atoms with E-state index in [1.54, 1.807) is 37.7 Å². The number of benzene rings is 1. The van der Waals surface area contributed by atoms with E-state index in [-0.39, 0.29) is 5.91 Å². The van der Waals surface area contributed by atoms with Crippen LogP contribution in [0.3, 0.4) is 0 Å². The molecule has 0 aliphatic heterocycles. The maximum atomic E-state index is 11.8. The number of carbonyl (C=O) groups excluding carboxylic acids is 1. The summed E-state index contributed by atoms with van der Waals surface area (Å²) in [6, 6.07) is 8.91. The van der Waals surface area contributed by atoms with Gasteiger partial charge >= 0.3 is 0 Å². The summed E-state index contributed by atoms with van der Waals surface area (Å²) in [4.78, 5) is 14.8. The number of aromatic amines is 1. The number of nitrogens with one attached hydrogen (secondary N) is 2. The Labute approximate surface area is 124 Å². The highest BCUT2D eigenvalue weighted by molar-refractivity contribution is 14.1. The molecule has 0 saturated heterocycles. The molecular formula is C13H12IN3O2. The van der Waals surface area contributed by atoms with Gasteiger partial charge in [-0.05, 0) is 52.9 Å². The lowest BCUT2D eigenvalue weighted by molar-refractivity contribution is 0.0955. The van der Waals surface area contributed by atoms with Crippen molar-refractivity contribution in [2.24, 2.45) is 5.10 Å². The summed E-state index contributed by atoms with van der Waals surface area (Å²) in [7, 11) is 1.60. The largest absolute Gasteiger partial charge is 0.496 e. The molecule has 19 heavy (non-hydrogen) atoms. The van der Waals surface area contributed by atoms with Gasteiger partial charge in [0.05, 0.1) is 22.6 Å². The van der Waals surface area contributed by atoms with Gasteiger partial charge < -0.3 is 9.72 Å². The van der Waals surface area contributed by atoms with Gasteiger partial charge in [-0.2, -0.15) is 5.10 Å². The molecule has 0 atom stereocenters. The first-order chi connectivity index (χ1) is 9.20. The third-order valence-electron chi connectivity index (χ3n) is 2.41. The second-order valence-corrected chi connectivity index (χ2v) is 4.84. The summed E-state index contributed by atoms with van der Waals surface area (Å²) >= 11 is 2.12. The summed E-state index contributed by atoms with van der Waals surface area (Å²) in [5.41, 5.74) is 3.83. The van der Waals surface area contributed by atoms with Crippen molar-refractivity contribution < 1.29 is 9.53 Å². The van der Waals surface area contributed by atoms with Crippen LogP contribution >= 0.6 is 22.6 Å². The monoisotopic (exact) mass is 369 g/mol. The van der Waals surface area contributed by atoms with Gasteiger partial charge in [0.2, 0.25) is 0 Å². The third kappa shape index (κ3) is 3.57. The van der Waals surface area contributed by atoms with E-state index in [0.29, 0.717) is 5.56 Å². The number of hydrogen-bond donors (Lipinski definition) is 2. The number of halogens is 1. The minimum atomic E-state index is -0.261. The van der Waals surface area contributed by atoms with Gasteiger partial charge in [0.15, 0.2) is 0 Å². The van der Waals surface area contributed by atoms with Gasteiger partial charge in [0, 0.05) is 11.8 Å². The number of hydrazone groups is 1. The summed E-state index contributed by atoms with van der Waals surface area (Å²) < 4.78 is 6.01. The lowest BCUT2D eigenvalue weighted by Gasteiger charge is -2.05. The zero-order valence-corrected chi connectivity index (χ0v) is 12.3. The van der Waals surface area contributed by atoms with Gasteiger partial charge in [-0.3, -0.25) is 4.79 Å². The number of carbonyl (C=O) groups is 1. The Kier molecular flexibility index (Phi) is 4.56. The minimum Gasteiger partial charge on any atom is -0.496 e.